The van der Waals surface area contributed by atoms with Gasteiger partial charge in [0.05, 0.1) is 16.2 Å². The standard InChI is InChI=1S/C9H5BrCl2N2/c10-5-3-1-2-4-6(11)7(13)9(12)14-8(4)5/h1-3H,13H2. The summed E-state index contributed by atoms with van der Waals surface area (Å²) in [6, 6.07) is 5.59. The lowest BCUT2D eigenvalue weighted by molar-refractivity contribution is 1.40. The van der Waals surface area contributed by atoms with Crippen LogP contribution in [0.3, 0.4) is 0 Å². The number of hydrogen-bond donors (Lipinski definition) is 1. The van der Waals surface area contributed by atoms with Crippen LogP contribution in [-0.2, 0) is 0 Å². The smallest absolute Gasteiger partial charge is 0.154 e. The minimum absolute atomic E-state index is 0.231. The van der Waals surface area contributed by atoms with Crippen LogP contribution in [0, 0.1) is 0 Å². The molecule has 1 heterocycles. The number of pyridine rings is 1. The number of para-hydroxylation sites is 1. The average molecular weight is 292 g/mol. The molecule has 0 spiro atoms. The van der Waals surface area contributed by atoms with Crippen LogP contribution < -0.4 is 5.73 Å². The van der Waals surface area contributed by atoms with Crippen LogP contribution >= 0.6 is 39.1 Å². The van der Waals surface area contributed by atoms with Crippen LogP contribution in [0.4, 0.5) is 5.69 Å². The third-order valence-corrected chi connectivity index (χ3v) is 3.23. The lowest BCUT2D eigenvalue weighted by Gasteiger charge is -2.06. The molecule has 0 saturated heterocycles. The quantitative estimate of drug-likeness (QED) is 0.748. The Balaban J connectivity index is 2.98. The summed E-state index contributed by atoms with van der Waals surface area (Å²) >= 11 is 15.2. The fraction of sp³-hybridized carbons (Fsp3) is 0. The second-order valence-electron chi connectivity index (χ2n) is 2.77. The second-order valence-corrected chi connectivity index (χ2v) is 4.36. The number of fused-ring (bicyclic) bond motifs is 1. The molecule has 0 radical (unpaired) electrons. The van der Waals surface area contributed by atoms with Gasteiger partial charge >= 0.3 is 0 Å². The van der Waals surface area contributed by atoms with Crippen molar-refractivity contribution in [2.24, 2.45) is 0 Å². The number of anilines is 1. The summed E-state index contributed by atoms with van der Waals surface area (Å²) in [4.78, 5) is 4.14. The van der Waals surface area contributed by atoms with Crippen LogP contribution in [0.25, 0.3) is 10.9 Å². The molecule has 2 nitrogen and oxygen atoms in total. The third-order valence-electron chi connectivity index (χ3n) is 1.89. The highest BCUT2D eigenvalue weighted by molar-refractivity contribution is 9.10. The molecule has 5 heteroatoms. The maximum Gasteiger partial charge on any atom is 0.154 e. The first kappa shape index (κ1) is 10.0. The fourth-order valence-electron chi connectivity index (χ4n) is 1.20. The lowest BCUT2D eigenvalue weighted by atomic mass is 10.2. The van der Waals surface area contributed by atoms with E-state index in [2.05, 4.69) is 20.9 Å². The van der Waals surface area contributed by atoms with E-state index in [-0.39, 0.29) is 5.15 Å². The first-order valence-electron chi connectivity index (χ1n) is 3.80. The van der Waals surface area contributed by atoms with E-state index in [0.29, 0.717) is 10.7 Å². The van der Waals surface area contributed by atoms with E-state index in [4.69, 9.17) is 28.9 Å². The van der Waals surface area contributed by atoms with Crippen molar-refractivity contribution < 1.29 is 0 Å². The van der Waals surface area contributed by atoms with Crippen molar-refractivity contribution in [2.45, 2.75) is 0 Å². The molecular weight excluding hydrogens is 287 g/mol. The fourth-order valence-corrected chi connectivity index (χ4v) is 2.12. The molecule has 2 aromatic rings. The zero-order valence-corrected chi connectivity index (χ0v) is 9.99. The molecule has 0 aliphatic heterocycles. The molecule has 2 N–H and O–H groups in total. The summed E-state index contributed by atoms with van der Waals surface area (Å²) in [6.45, 7) is 0. The highest BCUT2D eigenvalue weighted by Crippen LogP contribution is 2.35. The largest absolute Gasteiger partial charge is 0.395 e. The topological polar surface area (TPSA) is 38.9 Å². The van der Waals surface area contributed by atoms with E-state index in [9.17, 15) is 0 Å². The predicted molar refractivity (Wildman–Crippen MR) is 63.9 cm³/mol. The molecule has 0 bridgehead atoms. The SMILES string of the molecule is Nc1c(Cl)nc2c(Br)cccc2c1Cl. The van der Waals surface area contributed by atoms with Gasteiger partial charge in [0.2, 0.25) is 0 Å². The molecule has 2 rings (SSSR count). The van der Waals surface area contributed by atoms with Crippen LogP contribution in [0.2, 0.25) is 10.2 Å². The first-order valence-corrected chi connectivity index (χ1v) is 5.35. The molecule has 1 aromatic heterocycles. The van der Waals surface area contributed by atoms with Gasteiger partial charge in [-0.3, -0.25) is 0 Å². The minimum Gasteiger partial charge on any atom is -0.395 e. The summed E-state index contributed by atoms with van der Waals surface area (Å²) in [6.07, 6.45) is 0. The number of nitrogen functional groups attached to an aromatic ring is 1. The van der Waals surface area contributed by atoms with E-state index < -0.39 is 0 Å². The van der Waals surface area contributed by atoms with Crippen molar-refractivity contribution in [3.05, 3.63) is 32.8 Å². The van der Waals surface area contributed by atoms with Gasteiger partial charge < -0.3 is 5.73 Å². The number of aromatic nitrogens is 1. The number of rotatable bonds is 0. The van der Waals surface area contributed by atoms with E-state index >= 15 is 0 Å². The van der Waals surface area contributed by atoms with Crippen molar-refractivity contribution >= 4 is 55.7 Å². The van der Waals surface area contributed by atoms with E-state index in [0.717, 1.165) is 15.4 Å². The Morgan fingerprint density at radius 2 is 2.00 bits per heavy atom. The van der Waals surface area contributed by atoms with Gasteiger partial charge in [-0.15, -0.1) is 0 Å². The van der Waals surface area contributed by atoms with E-state index in [1.165, 1.54) is 0 Å². The van der Waals surface area contributed by atoms with Gasteiger partial charge in [0.25, 0.3) is 0 Å². The summed E-state index contributed by atoms with van der Waals surface area (Å²) in [5, 5.41) is 1.47. The Morgan fingerprint density at radius 3 is 2.71 bits per heavy atom. The normalized spacial score (nSPS) is 10.8. The van der Waals surface area contributed by atoms with Gasteiger partial charge in [0.15, 0.2) is 5.15 Å². The average Bonchev–Trinajstić information content (AvgIpc) is 2.17. The number of nitrogens with zero attached hydrogens (tertiary/aromatic N) is 1. The molecule has 1 aromatic carbocycles. The Labute approximate surface area is 99.1 Å². The molecule has 0 aliphatic rings. The molecule has 72 valence electrons. The number of benzene rings is 1. The Hall–Kier alpha value is -0.510. The van der Waals surface area contributed by atoms with Crippen molar-refractivity contribution in [1.29, 1.82) is 0 Å². The summed E-state index contributed by atoms with van der Waals surface area (Å²) < 4.78 is 0.846. The highest BCUT2D eigenvalue weighted by atomic mass is 79.9. The van der Waals surface area contributed by atoms with Crippen molar-refractivity contribution in [2.75, 3.05) is 5.73 Å². The summed E-state index contributed by atoms with van der Waals surface area (Å²) in [5.74, 6) is 0. The maximum absolute atomic E-state index is 6.03. The first-order chi connectivity index (χ1) is 6.61. The van der Waals surface area contributed by atoms with Crippen LogP contribution in [-0.4, -0.2) is 4.98 Å². The lowest BCUT2D eigenvalue weighted by Crippen LogP contribution is -1.92. The summed E-state index contributed by atoms with van der Waals surface area (Å²) in [7, 11) is 0. The maximum atomic E-state index is 6.03. The van der Waals surface area contributed by atoms with Gasteiger partial charge in [-0.05, 0) is 22.0 Å². The minimum atomic E-state index is 0.231. The highest BCUT2D eigenvalue weighted by Gasteiger charge is 2.10. The third kappa shape index (κ3) is 1.45. The molecule has 0 atom stereocenters. The van der Waals surface area contributed by atoms with E-state index in [1.54, 1.807) is 0 Å². The van der Waals surface area contributed by atoms with Crippen molar-refractivity contribution in [3.8, 4) is 0 Å². The van der Waals surface area contributed by atoms with Gasteiger partial charge in [0, 0.05) is 9.86 Å². The zero-order chi connectivity index (χ0) is 10.3. The second kappa shape index (κ2) is 3.57. The number of halogens is 3. The molecule has 0 aliphatic carbocycles. The molecule has 14 heavy (non-hydrogen) atoms. The number of hydrogen-bond acceptors (Lipinski definition) is 2. The summed E-state index contributed by atoms with van der Waals surface area (Å²) in [5.41, 5.74) is 6.69. The van der Waals surface area contributed by atoms with E-state index in [1.807, 2.05) is 18.2 Å². The molecular formula is C9H5BrCl2N2. The van der Waals surface area contributed by atoms with Crippen LogP contribution in [0.15, 0.2) is 22.7 Å². The molecule has 0 saturated carbocycles. The monoisotopic (exact) mass is 290 g/mol. The Morgan fingerprint density at radius 1 is 1.29 bits per heavy atom. The predicted octanol–water partition coefficient (Wildman–Crippen LogP) is 3.89. The zero-order valence-electron chi connectivity index (χ0n) is 6.89. The van der Waals surface area contributed by atoms with Crippen molar-refractivity contribution in [3.63, 3.8) is 0 Å². The molecule has 0 amide bonds. The Kier molecular flexibility index (Phi) is 2.56. The van der Waals surface area contributed by atoms with Gasteiger partial charge in [-0.25, -0.2) is 4.98 Å². The van der Waals surface area contributed by atoms with Crippen molar-refractivity contribution in [1.82, 2.24) is 4.98 Å². The van der Waals surface area contributed by atoms with Crippen LogP contribution in [0.5, 0.6) is 0 Å². The molecule has 0 fully saturated rings. The van der Waals surface area contributed by atoms with Crippen LogP contribution in [0.1, 0.15) is 0 Å². The number of nitrogens with two attached hydrogens (primary N) is 1. The van der Waals surface area contributed by atoms with Gasteiger partial charge in [-0.2, -0.15) is 0 Å². The Bertz CT molecular complexity index is 514. The van der Waals surface area contributed by atoms with Gasteiger partial charge in [-0.1, -0.05) is 35.3 Å². The molecule has 0 unspecified atom stereocenters. The van der Waals surface area contributed by atoms with Gasteiger partial charge in [0.1, 0.15) is 0 Å².